The molecule has 2 N–H and O–H groups in total. The molecule has 1 unspecified atom stereocenters. The molecule has 0 aromatic carbocycles. The molecule has 15 heavy (non-hydrogen) atoms. The molecule has 1 aromatic rings. The predicted molar refractivity (Wildman–Crippen MR) is 69.6 cm³/mol. The van der Waals surface area contributed by atoms with E-state index >= 15 is 0 Å². The van der Waals surface area contributed by atoms with Gasteiger partial charge in [0.15, 0.2) is 0 Å². The molecule has 1 fully saturated rings. The molecule has 0 saturated carbocycles. The molecule has 0 bridgehead atoms. The fourth-order valence-corrected chi connectivity index (χ4v) is 2.13. The summed E-state index contributed by atoms with van der Waals surface area (Å²) in [5.41, 5.74) is 5.72. The zero-order valence-electron chi connectivity index (χ0n) is 7.78. The summed E-state index contributed by atoms with van der Waals surface area (Å²) in [4.78, 5) is 17.5. The van der Waals surface area contributed by atoms with Gasteiger partial charge in [0.25, 0.3) is 0 Å². The van der Waals surface area contributed by atoms with E-state index in [0.29, 0.717) is 18.8 Å². The van der Waals surface area contributed by atoms with E-state index in [1.54, 1.807) is 4.90 Å². The SMILES string of the molecule is NC1CC(=O)N(c2ccc(I)c(Br)n2)C1. The van der Waals surface area contributed by atoms with Crippen LogP contribution < -0.4 is 10.6 Å². The van der Waals surface area contributed by atoms with Crippen LogP contribution in [0, 0.1) is 3.57 Å². The average molecular weight is 382 g/mol. The van der Waals surface area contributed by atoms with Crippen LogP contribution in [0.25, 0.3) is 0 Å². The van der Waals surface area contributed by atoms with Crippen LogP contribution in [0.3, 0.4) is 0 Å². The lowest BCUT2D eigenvalue weighted by Gasteiger charge is -2.15. The van der Waals surface area contributed by atoms with Crippen molar-refractivity contribution in [3.8, 4) is 0 Å². The molecule has 0 radical (unpaired) electrons. The number of hydrogen-bond donors (Lipinski definition) is 1. The molecule has 1 aliphatic heterocycles. The van der Waals surface area contributed by atoms with E-state index in [0.717, 1.165) is 8.17 Å². The van der Waals surface area contributed by atoms with E-state index < -0.39 is 0 Å². The van der Waals surface area contributed by atoms with Gasteiger partial charge in [0.05, 0.1) is 0 Å². The van der Waals surface area contributed by atoms with Crippen molar-refractivity contribution in [2.24, 2.45) is 5.73 Å². The second-order valence-electron chi connectivity index (χ2n) is 3.41. The van der Waals surface area contributed by atoms with E-state index in [-0.39, 0.29) is 11.9 Å². The predicted octanol–water partition coefficient (Wildman–Crippen LogP) is 1.51. The second kappa shape index (κ2) is 4.34. The van der Waals surface area contributed by atoms with E-state index in [4.69, 9.17) is 5.73 Å². The number of carbonyl (C=O) groups is 1. The topological polar surface area (TPSA) is 59.2 Å². The number of halogens is 2. The van der Waals surface area contributed by atoms with Gasteiger partial charge in [-0.05, 0) is 50.7 Å². The number of hydrogen-bond acceptors (Lipinski definition) is 3. The van der Waals surface area contributed by atoms with Gasteiger partial charge in [-0.15, -0.1) is 0 Å². The first-order valence-corrected chi connectivity index (χ1v) is 6.33. The molecular weight excluding hydrogens is 373 g/mol. The second-order valence-corrected chi connectivity index (χ2v) is 5.32. The van der Waals surface area contributed by atoms with Crippen molar-refractivity contribution in [2.45, 2.75) is 12.5 Å². The molecule has 1 amide bonds. The van der Waals surface area contributed by atoms with Gasteiger partial charge >= 0.3 is 0 Å². The molecule has 1 aromatic heterocycles. The molecular formula is C9H9BrIN3O. The Morgan fingerprint density at radius 1 is 1.60 bits per heavy atom. The molecule has 2 rings (SSSR count). The van der Waals surface area contributed by atoms with Crippen molar-refractivity contribution in [3.05, 3.63) is 20.3 Å². The molecule has 0 aliphatic carbocycles. The minimum absolute atomic E-state index is 0.0445. The Balaban J connectivity index is 2.30. The van der Waals surface area contributed by atoms with Crippen molar-refractivity contribution >= 4 is 50.2 Å². The Bertz CT molecular complexity index is 412. The lowest BCUT2D eigenvalue weighted by molar-refractivity contribution is -0.117. The molecule has 4 nitrogen and oxygen atoms in total. The minimum Gasteiger partial charge on any atom is -0.326 e. The first-order chi connectivity index (χ1) is 7.08. The summed E-state index contributed by atoms with van der Waals surface area (Å²) in [6, 6.07) is 3.68. The first kappa shape index (κ1) is 11.3. The molecule has 1 aliphatic rings. The van der Waals surface area contributed by atoms with Crippen molar-refractivity contribution in [1.29, 1.82) is 0 Å². The summed E-state index contributed by atoms with van der Waals surface area (Å²) in [5, 5.41) is 0. The summed E-state index contributed by atoms with van der Waals surface area (Å²) < 4.78 is 1.78. The van der Waals surface area contributed by atoms with Gasteiger partial charge in [-0.1, -0.05) is 0 Å². The van der Waals surface area contributed by atoms with Gasteiger partial charge in [-0.25, -0.2) is 4.98 Å². The van der Waals surface area contributed by atoms with Gasteiger partial charge in [0, 0.05) is 22.6 Å². The van der Waals surface area contributed by atoms with Crippen LogP contribution in [-0.4, -0.2) is 23.5 Å². The van der Waals surface area contributed by atoms with Gasteiger partial charge in [-0.2, -0.15) is 0 Å². The van der Waals surface area contributed by atoms with Crippen molar-refractivity contribution < 1.29 is 4.79 Å². The molecule has 80 valence electrons. The van der Waals surface area contributed by atoms with Crippen LogP contribution in [-0.2, 0) is 4.79 Å². The van der Waals surface area contributed by atoms with Crippen LogP contribution >= 0.6 is 38.5 Å². The fourth-order valence-electron chi connectivity index (χ4n) is 1.51. The average Bonchev–Trinajstić information content (AvgIpc) is 2.50. The number of amides is 1. The maximum atomic E-state index is 11.6. The van der Waals surface area contributed by atoms with E-state index in [1.807, 2.05) is 12.1 Å². The number of rotatable bonds is 1. The summed E-state index contributed by atoms with van der Waals surface area (Å²) in [5.74, 6) is 0.711. The maximum absolute atomic E-state index is 11.6. The van der Waals surface area contributed by atoms with Crippen LogP contribution in [0.5, 0.6) is 0 Å². The van der Waals surface area contributed by atoms with Crippen LogP contribution in [0.1, 0.15) is 6.42 Å². The Hall–Kier alpha value is -0.210. The first-order valence-electron chi connectivity index (χ1n) is 4.46. The van der Waals surface area contributed by atoms with Gasteiger partial charge in [-0.3, -0.25) is 9.69 Å². The van der Waals surface area contributed by atoms with Crippen LogP contribution in [0.4, 0.5) is 5.82 Å². The summed E-state index contributed by atoms with van der Waals surface area (Å²) in [7, 11) is 0. The summed E-state index contributed by atoms with van der Waals surface area (Å²) >= 11 is 5.52. The number of carbonyl (C=O) groups excluding carboxylic acids is 1. The monoisotopic (exact) mass is 381 g/mol. The van der Waals surface area contributed by atoms with Crippen LogP contribution in [0.15, 0.2) is 16.7 Å². The standard InChI is InChI=1S/C9H9BrIN3O/c10-9-6(11)1-2-7(13-9)14-4-5(12)3-8(14)15/h1-2,5H,3-4,12H2. The highest BCUT2D eigenvalue weighted by molar-refractivity contribution is 14.1. The Morgan fingerprint density at radius 3 is 2.87 bits per heavy atom. The Kier molecular flexibility index (Phi) is 3.27. The van der Waals surface area contributed by atoms with E-state index in [1.165, 1.54) is 0 Å². The third-order valence-corrected chi connectivity index (χ3v) is 4.44. The van der Waals surface area contributed by atoms with Crippen molar-refractivity contribution in [3.63, 3.8) is 0 Å². The number of pyridine rings is 1. The maximum Gasteiger partial charge on any atom is 0.229 e. The zero-order valence-corrected chi connectivity index (χ0v) is 11.5. The van der Waals surface area contributed by atoms with Crippen molar-refractivity contribution in [2.75, 3.05) is 11.4 Å². The van der Waals surface area contributed by atoms with Crippen molar-refractivity contribution in [1.82, 2.24) is 4.98 Å². The lowest BCUT2D eigenvalue weighted by atomic mass is 10.3. The summed E-state index contributed by atoms with van der Waals surface area (Å²) in [6.07, 6.45) is 0.408. The number of nitrogens with zero attached hydrogens (tertiary/aromatic N) is 2. The Morgan fingerprint density at radius 2 is 2.33 bits per heavy atom. The molecule has 2 heterocycles. The smallest absolute Gasteiger partial charge is 0.229 e. The van der Waals surface area contributed by atoms with Crippen LogP contribution in [0.2, 0.25) is 0 Å². The lowest BCUT2D eigenvalue weighted by Crippen LogP contribution is -2.28. The van der Waals surface area contributed by atoms with E-state index in [9.17, 15) is 4.79 Å². The third-order valence-electron chi connectivity index (χ3n) is 2.22. The van der Waals surface area contributed by atoms with Gasteiger partial charge in [0.2, 0.25) is 5.91 Å². The number of nitrogens with two attached hydrogens (primary N) is 1. The van der Waals surface area contributed by atoms with Gasteiger partial charge in [0.1, 0.15) is 10.4 Å². The van der Waals surface area contributed by atoms with Gasteiger partial charge < -0.3 is 5.73 Å². The quantitative estimate of drug-likeness (QED) is 0.592. The molecule has 1 atom stereocenters. The highest BCUT2D eigenvalue weighted by Gasteiger charge is 2.28. The molecule has 1 saturated heterocycles. The van der Waals surface area contributed by atoms with E-state index in [2.05, 4.69) is 43.5 Å². The molecule has 0 spiro atoms. The number of anilines is 1. The zero-order chi connectivity index (χ0) is 11.0. The normalized spacial score (nSPS) is 21.1. The Labute approximate surface area is 109 Å². The molecule has 6 heteroatoms. The highest BCUT2D eigenvalue weighted by Crippen LogP contribution is 2.23. The minimum atomic E-state index is -0.0719. The highest BCUT2D eigenvalue weighted by atomic mass is 127. The number of aromatic nitrogens is 1. The largest absolute Gasteiger partial charge is 0.326 e. The third kappa shape index (κ3) is 2.31. The summed E-state index contributed by atoms with van der Waals surface area (Å²) in [6.45, 7) is 0.554. The fraction of sp³-hybridized carbons (Fsp3) is 0.333.